The zero-order valence-corrected chi connectivity index (χ0v) is 13.2. The van der Waals surface area contributed by atoms with Gasteiger partial charge in [-0.25, -0.2) is 0 Å². The largest absolute Gasteiger partial charge is 0.491 e. The van der Waals surface area contributed by atoms with Crippen molar-refractivity contribution in [2.75, 3.05) is 19.7 Å². The molecule has 1 atom stereocenters. The molecule has 128 valence electrons. The maximum absolute atomic E-state index is 12.2. The molecule has 7 heteroatoms. The number of ether oxygens (including phenoxy) is 1. The Morgan fingerprint density at radius 1 is 1.38 bits per heavy atom. The summed E-state index contributed by atoms with van der Waals surface area (Å²) < 4.78 is 10.5. The molecule has 0 unspecified atom stereocenters. The highest BCUT2D eigenvalue weighted by atomic mass is 16.5. The second-order valence-electron chi connectivity index (χ2n) is 6.07. The van der Waals surface area contributed by atoms with Crippen LogP contribution in [0.25, 0.3) is 0 Å². The van der Waals surface area contributed by atoms with Crippen LogP contribution in [0.4, 0.5) is 0 Å². The Hall–Kier alpha value is -2.54. The van der Waals surface area contributed by atoms with Gasteiger partial charge in [-0.1, -0.05) is 18.2 Å². The second kappa shape index (κ2) is 6.92. The molecule has 2 heterocycles. The van der Waals surface area contributed by atoms with E-state index in [4.69, 9.17) is 9.26 Å². The number of nitrogens with zero attached hydrogens (tertiary/aromatic N) is 1. The number of aliphatic hydroxyl groups is 1. The first-order valence-electron chi connectivity index (χ1n) is 7.89. The summed E-state index contributed by atoms with van der Waals surface area (Å²) in [6.07, 6.45) is 1.06. The fraction of sp³-hybridized carbons (Fsp3) is 0.412. The van der Waals surface area contributed by atoms with Gasteiger partial charge in [0.15, 0.2) is 0 Å². The van der Waals surface area contributed by atoms with Crippen molar-refractivity contribution < 1.29 is 19.2 Å². The molecule has 2 N–H and O–H groups in total. The standard InChI is InChI=1S/C17H20N2O5/c20-15-10-14(24-18-15)6-7-16(21)19-9-8-17(22,11-19)12-23-13-4-2-1-3-5-13/h1-5,10,22H,6-9,11-12H2,(H,18,20)/t17-/m1/s1. The van der Waals surface area contributed by atoms with Crippen LogP contribution in [0.1, 0.15) is 18.6 Å². The summed E-state index contributed by atoms with van der Waals surface area (Å²) in [4.78, 5) is 24.8. The first-order chi connectivity index (χ1) is 11.5. The highest BCUT2D eigenvalue weighted by Gasteiger charge is 2.38. The van der Waals surface area contributed by atoms with E-state index in [2.05, 4.69) is 5.16 Å². The van der Waals surface area contributed by atoms with Crippen molar-refractivity contribution in [3.05, 3.63) is 52.5 Å². The fourth-order valence-electron chi connectivity index (χ4n) is 2.75. The molecular formula is C17H20N2O5. The Kier molecular flexibility index (Phi) is 4.71. The van der Waals surface area contributed by atoms with E-state index in [1.807, 2.05) is 30.3 Å². The molecule has 1 saturated heterocycles. The van der Waals surface area contributed by atoms with Crippen molar-refractivity contribution in [1.29, 1.82) is 0 Å². The van der Waals surface area contributed by atoms with Crippen molar-refractivity contribution >= 4 is 5.91 Å². The number of aromatic amines is 1. The molecule has 2 aromatic rings. The normalized spacial score (nSPS) is 20.3. The van der Waals surface area contributed by atoms with Gasteiger partial charge in [-0.05, 0) is 18.6 Å². The molecule has 1 fully saturated rings. The van der Waals surface area contributed by atoms with E-state index in [-0.39, 0.29) is 31.0 Å². The molecule has 24 heavy (non-hydrogen) atoms. The maximum Gasteiger partial charge on any atom is 0.280 e. The smallest absolute Gasteiger partial charge is 0.280 e. The quantitative estimate of drug-likeness (QED) is 0.821. The van der Waals surface area contributed by atoms with Crippen LogP contribution in [-0.4, -0.2) is 46.4 Å². The highest BCUT2D eigenvalue weighted by Crippen LogP contribution is 2.23. The van der Waals surface area contributed by atoms with E-state index in [0.717, 1.165) is 0 Å². The van der Waals surface area contributed by atoms with E-state index >= 15 is 0 Å². The lowest BCUT2D eigenvalue weighted by Gasteiger charge is -2.23. The number of benzene rings is 1. The van der Waals surface area contributed by atoms with E-state index < -0.39 is 5.60 Å². The fourth-order valence-corrected chi connectivity index (χ4v) is 2.75. The Morgan fingerprint density at radius 3 is 2.88 bits per heavy atom. The summed E-state index contributed by atoms with van der Waals surface area (Å²) in [5.41, 5.74) is -1.35. The molecule has 1 aliphatic rings. The van der Waals surface area contributed by atoms with E-state index in [1.54, 1.807) is 4.90 Å². The van der Waals surface area contributed by atoms with Crippen LogP contribution < -0.4 is 10.3 Å². The van der Waals surface area contributed by atoms with Gasteiger partial charge in [-0.2, -0.15) is 5.16 Å². The summed E-state index contributed by atoms with van der Waals surface area (Å²) in [5, 5.41) is 12.8. The van der Waals surface area contributed by atoms with Crippen molar-refractivity contribution in [2.24, 2.45) is 0 Å². The van der Waals surface area contributed by atoms with Crippen LogP contribution in [-0.2, 0) is 11.2 Å². The summed E-state index contributed by atoms with van der Waals surface area (Å²) in [6, 6.07) is 10.6. The lowest BCUT2D eigenvalue weighted by atomic mass is 10.1. The van der Waals surface area contributed by atoms with Crippen LogP contribution in [0.3, 0.4) is 0 Å². The second-order valence-corrected chi connectivity index (χ2v) is 6.07. The zero-order valence-electron chi connectivity index (χ0n) is 13.2. The zero-order chi connectivity index (χ0) is 17.0. The highest BCUT2D eigenvalue weighted by molar-refractivity contribution is 5.76. The number of carbonyl (C=O) groups excluding carboxylic acids is 1. The van der Waals surface area contributed by atoms with Gasteiger partial charge in [-0.15, -0.1) is 0 Å². The topological polar surface area (TPSA) is 95.8 Å². The average Bonchev–Trinajstić information content (AvgIpc) is 3.18. The molecule has 1 aromatic carbocycles. The average molecular weight is 332 g/mol. The van der Waals surface area contributed by atoms with Gasteiger partial charge in [0.2, 0.25) is 5.91 Å². The number of hydrogen-bond donors (Lipinski definition) is 2. The van der Waals surface area contributed by atoms with Gasteiger partial charge in [0, 0.05) is 25.5 Å². The SMILES string of the molecule is O=C(CCc1cc(=O)[nH]o1)N1CC[C@](O)(COc2ccccc2)C1. The minimum absolute atomic E-state index is 0.0746. The van der Waals surface area contributed by atoms with E-state index in [1.165, 1.54) is 6.07 Å². The molecule has 0 spiro atoms. The summed E-state index contributed by atoms with van der Waals surface area (Å²) >= 11 is 0. The van der Waals surface area contributed by atoms with Gasteiger partial charge < -0.3 is 19.3 Å². The van der Waals surface area contributed by atoms with Gasteiger partial charge >= 0.3 is 0 Å². The number of rotatable bonds is 6. The van der Waals surface area contributed by atoms with Gasteiger partial charge in [0.05, 0.1) is 6.54 Å². The van der Waals surface area contributed by atoms with Crippen molar-refractivity contribution in [2.45, 2.75) is 24.9 Å². The number of amides is 1. The number of carbonyl (C=O) groups is 1. The van der Waals surface area contributed by atoms with Crippen LogP contribution >= 0.6 is 0 Å². The maximum atomic E-state index is 12.2. The molecule has 0 bridgehead atoms. The number of para-hydroxylation sites is 1. The van der Waals surface area contributed by atoms with Gasteiger partial charge in [0.25, 0.3) is 5.56 Å². The Morgan fingerprint density at radius 2 is 2.17 bits per heavy atom. The van der Waals surface area contributed by atoms with Crippen LogP contribution in [0.5, 0.6) is 5.75 Å². The van der Waals surface area contributed by atoms with Crippen LogP contribution in [0.15, 0.2) is 45.7 Å². The Balaban J connectivity index is 1.48. The van der Waals surface area contributed by atoms with Gasteiger partial charge in [-0.3, -0.25) is 9.59 Å². The third kappa shape index (κ3) is 4.05. The van der Waals surface area contributed by atoms with Crippen LogP contribution in [0, 0.1) is 0 Å². The molecule has 0 saturated carbocycles. The number of aromatic nitrogens is 1. The molecule has 0 aliphatic carbocycles. The molecular weight excluding hydrogens is 312 g/mol. The van der Waals surface area contributed by atoms with Crippen molar-refractivity contribution in [3.63, 3.8) is 0 Å². The molecule has 0 radical (unpaired) electrons. The number of likely N-dealkylation sites (tertiary alicyclic amines) is 1. The molecule has 1 aliphatic heterocycles. The summed E-state index contributed by atoms with van der Waals surface area (Å²) in [5.74, 6) is 1.07. The number of aryl methyl sites for hydroxylation is 1. The Labute approximate surface area is 138 Å². The number of H-pyrrole nitrogens is 1. The lowest BCUT2D eigenvalue weighted by Crippen LogP contribution is -2.40. The summed E-state index contributed by atoms with van der Waals surface area (Å²) in [7, 11) is 0. The first-order valence-corrected chi connectivity index (χ1v) is 7.89. The molecule has 1 amide bonds. The monoisotopic (exact) mass is 332 g/mol. The molecule has 1 aromatic heterocycles. The van der Waals surface area contributed by atoms with Crippen molar-refractivity contribution in [3.8, 4) is 5.75 Å². The third-order valence-electron chi connectivity index (χ3n) is 4.10. The van der Waals surface area contributed by atoms with Gasteiger partial charge in [0.1, 0.15) is 23.7 Å². The Bertz CT molecular complexity index is 739. The first kappa shape index (κ1) is 16.3. The van der Waals surface area contributed by atoms with Crippen LogP contribution in [0.2, 0.25) is 0 Å². The van der Waals surface area contributed by atoms with E-state index in [0.29, 0.717) is 30.9 Å². The number of β-amino-alcohol motifs (C(OH)–C–C–N with tert-alkyl or cyclic N) is 1. The third-order valence-corrected chi connectivity index (χ3v) is 4.10. The summed E-state index contributed by atoms with van der Waals surface area (Å²) in [6.45, 7) is 0.883. The predicted octanol–water partition coefficient (Wildman–Crippen LogP) is 0.943. The predicted molar refractivity (Wildman–Crippen MR) is 85.7 cm³/mol. The van der Waals surface area contributed by atoms with E-state index in [9.17, 15) is 14.7 Å². The number of hydrogen-bond acceptors (Lipinski definition) is 5. The van der Waals surface area contributed by atoms with Crippen molar-refractivity contribution in [1.82, 2.24) is 10.1 Å². The molecule has 3 rings (SSSR count). The number of nitrogens with one attached hydrogen (secondary N) is 1. The lowest BCUT2D eigenvalue weighted by molar-refractivity contribution is -0.131. The molecule has 7 nitrogen and oxygen atoms in total. The minimum Gasteiger partial charge on any atom is -0.491 e. The minimum atomic E-state index is -1.04.